The molecule has 3 rings (SSSR count). The fourth-order valence-electron chi connectivity index (χ4n) is 1.85. The number of aliphatic hydroxyl groups excluding tert-OH is 1. The van der Waals surface area contributed by atoms with Gasteiger partial charge in [-0.2, -0.15) is 4.68 Å². The lowest BCUT2D eigenvalue weighted by Crippen LogP contribution is -1.98. The minimum Gasteiger partial charge on any atom is -0.392 e. The highest BCUT2D eigenvalue weighted by molar-refractivity contribution is 7.99. The molecule has 0 bridgehead atoms. The van der Waals surface area contributed by atoms with Gasteiger partial charge in [0.15, 0.2) is 0 Å². The van der Waals surface area contributed by atoms with Gasteiger partial charge in [-0.15, -0.1) is 5.10 Å². The molecule has 2 aromatic carbocycles. The van der Waals surface area contributed by atoms with Crippen LogP contribution in [0.5, 0.6) is 0 Å². The summed E-state index contributed by atoms with van der Waals surface area (Å²) >= 11 is 1.24. The lowest BCUT2D eigenvalue weighted by atomic mass is 10.2. The summed E-state index contributed by atoms with van der Waals surface area (Å²) in [5.41, 5.74) is 1.33. The first-order valence-corrected chi connectivity index (χ1v) is 7.00. The van der Waals surface area contributed by atoms with Gasteiger partial charge in [-0.3, -0.25) is 0 Å². The Morgan fingerprint density at radius 2 is 1.95 bits per heavy atom. The summed E-state index contributed by atoms with van der Waals surface area (Å²) in [7, 11) is 0. The molecule has 0 radical (unpaired) electrons. The van der Waals surface area contributed by atoms with E-state index in [0.717, 1.165) is 5.69 Å². The zero-order valence-electron chi connectivity index (χ0n) is 10.8. The molecular weight excluding hydrogens is 291 g/mol. The van der Waals surface area contributed by atoms with E-state index in [1.54, 1.807) is 10.7 Å². The van der Waals surface area contributed by atoms with Crippen LogP contribution in [0.25, 0.3) is 5.69 Å². The molecule has 0 aliphatic heterocycles. The maximum absolute atomic E-state index is 13.5. The topological polar surface area (TPSA) is 63.8 Å². The van der Waals surface area contributed by atoms with E-state index in [0.29, 0.717) is 15.6 Å². The Morgan fingerprint density at radius 3 is 2.71 bits per heavy atom. The van der Waals surface area contributed by atoms with Crippen LogP contribution in [-0.4, -0.2) is 25.3 Å². The molecule has 0 aliphatic rings. The van der Waals surface area contributed by atoms with E-state index in [4.69, 9.17) is 5.11 Å². The lowest BCUT2D eigenvalue weighted by Gasteiger charge is -2.05. The van der Waals surface area contributed by atoms with Gasteiger partial charge in [-0.1, -0.05) is 18.2 Å². The van der Waals surface area contributed by atoms with Gasteiger partial charge in [0.25, 0.3) is 0 Å². The first-order chi connectivity index (χ1) is 10.3. The Balaban J connectivity index is 1.93. The Labute approximate surface area is 124 Å². The molecular formula is C14H11FN4OS. The van der Waals surface area contributed by atoms with Crippen LogP contribution in [0.1, 0.15) is 5.56 Å². The van der Waals surface area contributed by atoms with Crippen LogP contribution >= 0.6 is 11.8 Å². The monoisotopic (exact) mass is 302 g/mol. The number of aliphatic hydroxyl groups is 1. The number of para-hydroxylation sites is 1. The van der Waals surface area contributed by atoms with Crippen molar-refractivity contribution in [3.05, 3.63) is 59.9 Å². The Morgan fingerprint density at radius 1 is 1.14 bits per heavy atom. The van der Waals surface area contributed by atoms with Crippen molar-refractivity contribution in [3.63, 3.8) is 0 Å². The van der Waals surface area contributed by atoms with Gasteiger partial charge in [0.2, 0.25) is 5.16 Å². The standard InChI is InChI=1S/C14H11FN4OS/c15-11-6-10(9-20)7-13(8-11)21-14-16-17-18-19(14)12-4-2-1-3-5-12/h1-8,20H,9H2. The fourth-order valence-corrected chi connectivity index (χ4v) is 2.75. The number of tetrazole rings is 1. The Hall–Kier alpha value is -2.25. The molecule has 5 nitrogen and oxygen atoms in total. The highest BCUT2D eigenvalue weighted by Crippen LogP contribution is 2.28. The first-order valence-electron chi connectivity index (χ1n) is 6.18. The number of hydrogen-bond acceptors (Lipinski definition) is 5. The Bertz CT molecular complexity index is 748. The molecule has 0 unspecified atom stereocenters. The molecule has 21 heavy (non-hydrogen) atoms. The number of hydrogen-bond donors (Lipinski definition) is 1. The van der Waals surface area contributed by atoms with Crippen LogP contribution in [0.3, 0.4) is 0 Å². The van der Waals surface area contributed by atoms with E-state index < -0.39 is 5.82 Å². The van der Waals surface area contributed by atoms with Gasteiger partial charge >= 0.3 is 0 Å². The van der Waals surface area contributed by atoms with E-state index in [1.807, 2.05) is 30.3 Å². The predicted molar refractivity (Wildman–Crippen MR) is 75.6 cm³/mol. The van der Waals surface area contributed by atoms with Gasteiger partial charge < -0.3 is 5.11 Å². The second-order valence-corrected chi connectivity index (χ2v) is 5.30. The fraction of sp³-hybridized carbons (Fsp3) is 0.0714. The van der Waals surface area contributed by atoms with Crippen molar-refractivity contribution in [3.8, 4) is 5.69 Å². The van der Waals surface area contributed by atoms with Crippen molar-refractivity contribution in [1.29, 1.82) is 0 Å². The van der Waals surface area contributed by atoms with Crippen molar-refractivity contribution < 1.29 is 9.50 Å². The van der Waals surface area contributed by atoms with Crippen LogP contribution in [0.4, 0.5) is 4.39 Å². The third-order valence-electron chi connectivity index (χ3n) is 2.76. The number of nitrogens with zero attached hydrogens (tertiary/aromatic N) is 4. The molecule has 0 saturated carbocycles. The summed E-state index contributed by atoms with van der Waals surface area (Å²) in [6, 6.07) is 13.8. The van der Waals surface area contributed by atoms with Crippen molar-refractivity contribution in [1.82, 2.24) is 20.2 Å². The van der Waals surface area contributed by atoms with E-state index in [1.165, 1.54) is 23.9 Å². The van der Waals surface area contributed by atoms with Gasteiger partial charge in [0.05, 0.1) is 12.3 Å². The summed E-state index contributed by atoms with van der Waals surface area (Å²) in [5, 5.41) is 21.2. The largest absolute Gasteiger partial charge is 0.392 e. The van der Waals surface area contributed by atoms with Crippen LogP contribution < -0.4 is 0 Å². The molecule has 7 heteroatoms. The summed E-state index contributed by atoms with van der Waals surface area (Å²) in [4.78, 5) is 0.631. The Kier molecular flexibility index (Phi) is 3.94. The third kappa shape index (κ3) is 3.09. The highest BCUT2D eigenvalue weighted by Gasteiger charge is 2.11. The number of halogens is 1. The average molecular weight is 302 g/mol. The minimum atomic E-state index is -0.400. The lowest BCUT2D eigenvalue weighted by molar-refractivity contribution is 0.281. The molecule has 106 valence electrons. The maximum Gasteiger partial charge on any atom is 0.218 e. The maximum atomic E-state index is 13.5. The third-order valence-corrected chi connectivity index (χ3v) is 3.67. The van der Waals surface area contributed by atoms with Gasteiger partial charge in [-0.25, -0.2) is 4.39 Å². The zero-order chi connectivity index (χ0) is 14.7. The van der Waals surface area contributed by atoms with Crippen molar-refractivity contribution in [2.24, 2.45) is 0 Å². The van der Waals surface area contributed by atoms with Gasteiger partial charge in [0.1, 0.15) is 5.82 Å². The molecule has 0 atom stereocenters. The van der Waals surface area contributed by atoms with E-state index in [9.17, 15) is 4.39 Å². The van der Waals surface area contributed by atoms with Crippen LogP contribution in [0.2, 0.25) is 0 Å². The zero-order valence-corrected chi connectivity index (χ0v) is 11.7. The molecule has 0 saturated heterocycles. The smallest absolute Gasteiger partial charge is 0.218 e. The molecule has 0 aliphatic carbocycles. The minimum absolute atomic E-state index is 0.213. The second kappa shape index (κ2) is 6.02. The number of aromatic nitrogens is 4. The number of benzene rings is 2. The summed E-state index contributed by atoms with van der Waals surface area (Å²) < 4.78 is 15.1. The van der Waals surface area contributed by atoms with E-state index in [-0.39, 0.29) is 6.61 Å². The SMILES string of the molecule is OCc1cc(F)cc(Sc2nnnn2-c2ccccc2)c1. The van der Waals surface area contributed by atoms with Crippen LogP contribution in [0, 0.1) is 5.82 Å². The summed E-state index contributed by atoms with van der Waals surface area (Å²) in [6.45, 7) is -0.213. The molecule has 0 spiro atoms. The normalized spacial score (nSPS) is 10.8. The van der Waals surface area contributed by atoms with Crippen LogP contribution in [0.15, 0.2) is 58.6 Å². The summed E-state index contributed by atoms with van der Waals surface area (Å²) in [6.07, 6.45) is 0. The van der Waals surface area contributed by atoms with E-state index in [2.05, 4.69) is 15.5 Å². The molecule has 3 aromatic rings. The highest BCUT2D eigenvalue weighted by atomic mass is 32.2. The second-order valence-electron chi connectivity index (χ2n) is 4.26. The number of rotatable bonds is 4. The molecule has 1 N–H and O–H groups in total. The predicted octanol–water partition coefficient (Wildman–Crippen LogP) is 2.44. The summed E-state index contributed by atoms with van der Waals surface area (Å²) in [5.74, 6) is -0.400. The van der Waals surface area contributed by atoms with Crippen molar-refractivity contribution in [2.45, 2.75) is 16.7 Å². The van der Waals surface area contributed by atoms with Crippen LogP contribution in [-0.2, 0) is 6.61 Å². The van der Waals surface area contributed by atoms with Crippen molar-refractivity contribution in [2.75, 3.05) is 0 Å². The van der Waals surface area contributed by atoms with E-state index >= 15 is 0 Å². The first kappa shape index (κ1) is 13.7. The average Bonchev–Trinajstić information content (AvgIpc) is 2.95. The molecule has 0 fully saturated rings. The van der Waals surface area contributed by atoms with Gasteiger partial charge in [-0.05, 0) is 58.1 Å². The quantitative estimate of drug-likeness (QED) is 0.802. The van der Waals surface area contributed by atoms with Gasteiger partial charge in [0, 0.05) is 4.90 Å². The van der Waals surface area contributed by atoms with Crippen molar-refractivity contribution >= 4 is 11.8 Å². The molecule has 0 amide bonds. The molecule has 1 aromatic heterocycles. The molecule has 1 heterocycles.